The molecule has 0 fully saturated rings. The Morgan fingerprint density at radius 1 is 1.00 bits per heavy atom. The molecule has 0 aliphatic heterocycles. The quantitative estimate of drug-likeness (QED) is 0.372. The Kier molecular flexibility index (Phi) is 8.45. The zero-order valence-electron chi connectivity index (χ0n) is 17.6. The van der Waals surface area contributed by atoms with Gasteiger partial charge in [0.05, 0.1) is 27.8 Å². The summed E-state index contributed by atoms with van der Waals surface area (Å²) in [5.74, 6) is -0.571. The molecule has 3 aromatic rings. The van der Waals surface area contributed by atoms with Crippen molar-refractivity contribution in [2.75, 3.05) is 16.4 Å². The third-order valence-electron chi connectivity index (χ3n) is 4.44. The molecule has 0 aliphatic rings. The van der Waals surface area contributed by atoms with Gasteiger partial charge in [0.25, 0.3) is 0 Å². The summed E-state index contributed by atoms with van der Waals surface area (Å²) in [5.41, 5.74) is -0.340. The zero-order valence-corrected chi connectivity index (χ0v) is 19.9. The van der Waals surface area contributed by atoms with Crippen molar-refractivity contribution in [3.8, 4) is 0 Å². The van der Waals surface area contributed by atoms with Crippen LogP contribution in [0, 0.1) is 0 Å². The summed E-state index contributed by atoms with van der Waals surface area (Å²) in [6.07, 6.45) is -4.58. The number of hydrogen-bond acceptors (Lipinski definition) is 5. The van der Waals surface area contributed by atoms with Crippen LogP contribution in [0.3, 0.4) is 0 Å². The number of benzene rings is 2. The predicted octanol–water partition coefficient (Wildman–Crippen LogP) is 5.54. The molecule has 180 valence electrons. The largest absolute Gasteiger partial charge is 0.416 e. The Morgan fingerprint density at radius 2 is 1.71 bits per heavy atom. The molecule has 1 aromatic heterocycles. The third-order valence-corrected chi connectivity index (χ3v) is 6.14. The number of carbonyl (C=O) groups excluding carboxylic acids is 2. The van der Waals surface area contributed by atoms with Gasteiger partial charge >= 0.3 is 6.18 Å². The maximum absolute atomic E-state index is 12.8. The van der Waals surface area contributed by atoms with Gasteiger partial charge in [-0.05, 0) is 43.3 Å². The second kappa shape index (κ2) is 11.1. The van der Waals surface area contributed by atoms with Crippen LogP contribution in [0.5, 0.6) is 0 Å². The van der Waals surface area contributed by atoms with Crippen molar-refractivity contribution in [1.29, 1.82) is 0 Å². The number of anilines is 2. The molecule has 7 nitrogen and oxygen atoms in total. The molecule has 2 aromatic carbocycles. The molecule has 0 saturated heterocycles. The maximum atomic E-state index is 12.8. The van der Waals surface area contributed by atoms with E-state index in [2.05, 4.69) is 20.8 Å². The number of nitrogens with one attached hydrogen (secondary N) is 2. The highest BCUT2D eigenvalue weighted by molar-refractivity contribution is 7.99. The Labute approximate surface area is 207 Å². The number of halogens is 5. The molecule has 0 unspecified atom stereocenters. The van der Waals surface area contributed by atoms with E-state index in [1.807, 2.05) is 6.92 Å². The fraction of sp³-hybridized carbons (Fsp3) is 0.238. The highest BCUT2D eigenvalue weighted by Gasteiger charge is 2.30. The lowest BCUT2D eigenvalue weighted by atomic mass is 10.2. The van der Waals surface area contributed by atoms with Crippen LogP contribution in [-0.2, 0) is 28.7 Å². The van der Waals surface area contributed by atoms with Crippen LogP contribution in [0.1, 0.15) is 18.3 Å². The third kappa shape index (κ3) is 6.87. The summed E-state index contributed by atoms with van der Waals surface area (Å²) in [6.45, 7) is 2.27. The van der Waals surface area contributed by atoms with E-state index in [9.17, 15) is 22.8 Å². The van der Waals surface area contributed by atoms with Crippen molar-refractivity contribution < 1.29 is 22.8 Å². The minimum Gasteiger partial charge on any atom is -0.326 e. The first kappa shape index (κ1) is 25.9. The van der Waals surface area contributed by atoms with E-state index < -0.39 is 17.6 Å². The molecule has 34 heavy (non-hydrogen) atoms. The summed E-state index contributed by atoms with van der Waals surface area (Å²) >= 11 is 12.9. The van der Waals surface area contributed by atoms with Gasteiger partial charge in [-0.3, -0.25) is 9.59 Å². The number of nitrogens with zero attached hydrogens (tertiary/aromatic N) is 3. The average Bonchev–Trinajstić information content (AvgIpc) is 3.15. The van der Waals surface area contributed by atoms with Gasteiger partial charge in [-0.25, -0.2) is 0 Å². The molecule has 1 heterocycles. The van der Waals surface area contributed by atoms with Crippen LogP contribution >= 0.6 is 35.0 Å². The van der Waals surface area contributed by atoms with Crippen molar-refractivity contribution in [3.63, 3.8) is 0 Å². The number of aromatic nitrogens is 3. The van der Waals surface area contributed by atoms with Gasteiger partial charge in [-0.15, -0.1) is 10.2 Å². The highest BCUT2D eigenvalue weighted by atomic mass is 35.5. The van der Waals surface area contributed by atoms with Gasteiger partial charge < -0.3 is 15.2 Å². The first-order valence-electron chi connectivity index (χ1n) is 9.83. The zero-order chi connectivity index (χ0) is 24.9. The normalized spacial score (nSPS) is 11.4. The molecule has 2 N–H and O–H groups in total. The lowest BCUT2D eigenvalue weighted by Gasteiger charge is -2.10. The number of alkyl halides is 3. The molecule has 0 spiro atoms. The first-order valence-corrected chi connectivity index (χ1v) is 11.6. The van der Waals surface area contributed by atoms with Gasteiger partial charge in [0.1, 0.15) is 5.82 Å². The van der Waals surface area contributed by atoms with E-state index in [1.54, 1.807) is 16.7 Å². The fourth-order valence-electron chi connectivity index (χ4n) is 2.90. The molecule has 2 amide bonds. The van der Waals surface area contributed by atoms with Crippen LogP contribution in [0.15, 0.2) is 47.6 Å². The number of amides is 2. The number of thioether (sulfide) groups is 1. The lowest BCUT2D eigenvalue weighted by Crippen LogP contribution is -2.18. The predicted molar refractivity (Wildman–Crippen MR) is 125 cm³/mol. The summed E-state index contributed by atoms with van der Waals surface area (Å²) in [7, 11) is 0. The number of rotatable bonds is 8. The number of hydrogen-bond donors (Lipinski definition) is 2. The Balaban J connectivity index is 1.59. The van der Waals surface area contributed by atoms with E-state index in [0.29, 0.717) is 33.3 Å². The Bertz CT molecular complexity index is 1200. The monoisotopic (exact) mass is 531 g/mol. The molecular weight excluding hydrogens is 514 g/mol. The SMILES string of the molecule is CCn1c(CC(=O)Nc2ccc(Cl)c(Cl)c2)nnc1SCC(=O)Nc1cccc(C(F)(F)F)c1. The molecule has 0 aliphatic carbocycles. The van der Waals surface area contributed by atoms with Gasteiger partial charge in [-0.2, -0.15) is 13.2 Å². The van der Waals surface area contributed by atoms with Crippen LogP contribution in [-0.4, -0.2) is 32.3 Å². The highest BCUT2D eigenvalue weighted by Crippen LogP contribution is 2.31. The van der Waals surface area contributed by atoms with Crippen molar-refractivity contribution in [2.45, 2.75) is 31.2 Å². The summed E-state index contributed by atoms with van der Waals surface area (Å²) in [5, 5.41) is 14.3. The average molecular weight is 532 g/mol. The van der Waals surface area contributed by atoms with Gasteiger partial charge in [0.15, 0.2) is 5.16 Å². The summed E-state index contributed by atoms with van der Waals surface area (Å²) < 4.78 is 40.2. The fourth-order valence-corrected chi connectivity index (χ4v) is 4.02. The van der Waals surface area contributed by atoms with Crippen LogP contribution < -0.4 is 10.6 Å². The minimum atomic E-state index is -4.50. The van der Waals surface area contributed by atoms with Crippen molar-refractivity contribution >= 4 is 58.2 Å². The van der Waals surface area contributed by atoms with E-state index in [4.69, 9.17) is 23.2 Å². The standard InChI is InChI=1S/C21H18Cl2F3N5O2S/c1-2-31-17(10-18(32)27-14-6-7-15(22)16(23)9-14)29-30-20(31)34-11-19(33)28-13-5-3-4-12(8-13)21(24,25)26/h3-9H,2,10-11H2,1H3,(H,27,32)(H,28,33). The molecule has 3 rings (SSSR count). The van der Waals surface area contributed by atoms with Crippen LogP contribution in [0.25, 0.3) is 0 Å². The van der Waals surface area contributed by atoms with E-state index >= 15 is 0 Å². The molecule has 0 radical (unpaired) electrons. The second-order valence-corrected chi connectivity index (χ2v) is 8.67. The Hall–Kier alpha value is -2.76. The second-order valence-electron chi connectivity index (χ2n) is 6.91. The van der Waals surface area contributed by atoms with Gasteiger partial charge in [0.2, 0.25) is 11.8 Å². The summed E-state index contributed by atoms with van der Waals surface area (Å²) in [6, 6.07) is 9.07. The van der Waals surface area contributed by atoms with E-state index in [0.717, 1.165) is 23.9 Å². The van der Waals surface area contributed by atoms with Gasteiger partial charge in [0, 0.05) is 17.9 Å². The number of carbonyl (C=O) groups is 2. The Morgan fingerprint density at radius 3 is 2.38 bits per heavy atom. The molecule has 13 heteroatoms. The topological polar surface area (TPSA) is 88.9 Å². The summed E-state index contributed by atoms with van der Waals surface area (Å²) in [4.78, 5) is 24.6. The van der Waals surface area contributed by atoms with Gasteiger partial charge in [-0.1, -0.05) is 41.0 Å². The molecular formula is C21H18Cl2F3N5O2S. The van der Waals surface area contributed by atoms with E-state index in [1.165, 1.54) is 18.2 Å². The van der Waals surface area contributed by atoms with Crippen molar-refractivity contribution in [3.05, 3.63) is 63.9 Å². The minimum absolute atomic E-state index is 0.0389. The lowest BCUT2D eigenvalue weighted by molar-refractivity contribution is -0.137. The molecule has 0 bridgehead atoms. The maximum Gasteiger partial charge on any atom is 0.416 e. The smallest absolute Gasteiger partial charge is 0.326 e. The first-order chi connectivity index (χ1) is 16.1. The van der Waals surface area contributed by atoms with Crippen LogP contribution in [0.2, 0.25) is 10.0 Å². The molecule has 0 saturated carbocycles. The van der Waals surface area contributed by atoms with Crippen molar-refractivity contribution in [1.82, 2.24) is 14.8 Å². The van der Waals surface area contributed by atoms with Crippen molar-refractivity contribution in [2.24, 2.45) is 0 Å². The van der Waals surface area contributed by atoms with E-state index in [-0.39, 0.29) is 23.8 Å². The molecule has 0 atom stereocenters. The van der Waals surface area contributed by atoms with Crippen LogP contribution in [0.4, 0.5) is 24.5 Å².